The SMILES string of the molecule is CC(C)c1c(Cl)ncnc1NCC(C)(C)C(C)C. The molecule has 0 fully saturated rings. The Morgan fingerprint density at radius 2 is 1.83 bits per heavy atom. The summed E-state index contributed by atoms with van der Waals surface area (Å²) in [6, 6.07) is 0. The molecule has 1 rings (SSSR count). The normalized spacial score (nSPS) is 12.3. The van der Waals surface area contributed by atoms with E-state index < -0.39 is 0 Å². The van der Waals surface area contributed by atoms with Gasteiger partial charge in [-0.3, -0.25) is 0 Å². The molecule has 0 radical (unpaired) electrons. The number of rotatable bonds is 5. The van der Waals surface area contributed by atoms with Gasteiger partial charge in [-0.15, -0.1) is 0 Å². The number of hydrogen-bond acceptors (Lipinski definition) is 3. The van der Waals surface area contributed by atoms with Gasteiger partial charge in [0.05, 0.1) is 0 Å². The molecule has 0 aromatic carbocycles. The maximum Gasteiger partial charge on any atom is 0.138 e. The van der Waals surface area contributed by atoms with Crippen LogP contribution in [-0.2, 0) is 0 Å². The molecule has 0 spiro atoms. The smallest absolute Gasteiger partial charge is 0.138 e. The number of anilines is 1. The molecule has 1 aromatic heterocycles. The van der Waals surface area contributed by atoms with Gasteiger partial charge >= 0.3 is 0 Å². The third kappa shape index (κ3) is 3.58. The van der Waals surface area contributed by atoms with Crippen molar-refractivity contribution in [3.63, 3.8) is 0 Å². The summed E-state index contributed by atoms with van der Waals surface area (Å²) < 4.78 is 0. The van der Waals surface area contributed by atoms with Crippen molar-refractivity contribution in [3.05, 3.63) is 17.0 Å². The Balaban J connectivity index is 2.89. The molecule has 4 heteroatoms. The lowest BCUT2D eigenvalue weighted by molar-refractivity contribution is 0.269. The predicted octanol–water partition coefficient (Wildman–Crippen LogP) is 4.35. The zero-order valence-electron chi connectivity index (χ0n) is 12.2. The van der Waals surface area contributed by atoms with E-state index in [-0.39, 0.29) is 5.41 Å². The van der Waals surface area contributed by atoms with Gasteiger partial charge in [0, 0.05) is 12.1 Å². The number of hydrogen-bond donors (Lipinski definition) is 1. The molecule has 0 amide bonds. The van der Waals surface area contributed by atoms with Gasteiger partial charge in [0.1, 0.15) is 17.3 Å². The fourth-order valence-corrected chi connectivity index (χ4v) is 1.89. The van der Waals surface area contributed by atoms with Gasteiger partial charge in [-0.05, 0) is 17.3 Å². The topological polar surface area (TPSA) is 37.8 Å². The van der Waals surface area contributed by atoms with Crippen molar-refractivity contribution >= 4 is 17.4 Å². The Hall–Kier alpha value is -0.830. The monoisotopic (exact) mass is 269 g/mol. The number of aromatic nitrogens is 2. The number of nitrogens with one attached hydrogen (secondary N) is 1. The molecule has 102 valence electrons. The quantitative estimate of drug-likeness (QED) is 0.808. The Bertz CT molecular complexity index is 400. The first-order valence-corrected chi connectivity index (χ1v) is 6.87. The average Bonchev–Trinajstić information content (AvgIpc) is 2.25. The highest BCUT2D eigenvalue weighted by Gasteiger charge is 2.23. The van der Waals surface area contributed by atoms with Crippen molar-refractivity contribution in [3.8, 4) is 0 Å². The molecule has 1 aromatic rings. The van der Waals surface area contributed by atoms with Crippen molar-refractivity contribution < 1.29 is 0 Å². The molecular formula is C14H24ClN3. The molecule has 0 aliphatic carbocycles. The molecule has 0 bridgehead atoms. The molecule has 0 unspecified atom stereocenters. The third-order valence-corrected chi connectivity index (χ3v) is 3.99. The van der Waals surface area contributed by atoms with Crippen LogP contribution in [0.15, 0.2) is 6.33 Å². The summed E-state index contributed by atoms with van der Waals surface area (Å²) in [4.78, 5) is 8.37. The van der Waals surface area contributed by atoms with Crippen LogP contribution in [0.2, 0.25) is 5.15 Å². The van der Waals surface area contributed by atoms with Gasteiger partial charge in [-0.2, -0.15) is 0 Å². The van der Waals surface area contributed by atoms with Crippen LogP contribution in [0.1, 0.15) is 53.0 Å². The summed E-state index contributed by atoms with van der Waals surface area (Å²) in [5.74, 6) is 1.77. The van der Waals surface area contributed by atoms with E-state index >= 15 is 0 Å². The molecule has 1 heterocycles. The predicted molar refractivity (Wildman–Crippen MR) is 78.2 cm³/mol. The zero-order chi connectivity index (χ0) is 13.9. The van der Waals surface area contributed by atoms with E-state index in [0.29, 0.717) is 17.0 Å². The second-order valence-corrected chi connectivity index (χ2v) is 6.44. The molecule has 0 aliphatic rings. The molecule has 0 saturated carbocycles. The Labute approximate surface area is 115 Å². The lowest BCUT2D eigenvalue weighted by Crippen LogP contribution is -2.29. The first-order valence-electron chi connectivity index (χ1n) is 6.50. The van der Waals surface area contributed by atoms with Crippen LogP contribution in [0.4, 0.5) is 5.82 Å². The summed E-state index contributed by atoms with van der Waals surface area (Å²) in [5.41, 5.74) is 1.21. The molecule has 0 aliphatic heterocycles. The van der Waals surface area contributed by atoms with Gasteiger partial charge in [0.15, 0.2) is 0 Å². The van der Waals surface area contributed by atoms with Gasteiger partial charge in [-0.25, -0.2) is 9.97 Å². The highest BCUT2D eigenvalue weighted by molar-refractivity contribution is 6.30. The minimum atomic E-state index is 0.214. The summed E-state index contributed by atoms with van der Waals surface area (Å²) in [6.07, 6.45) is 1.51. The summed E-state index contributed by atoms with van der Waals surface area (Å²) >= 11 is 6.15. The molecule has 0 saturated heterocycles. The maximum absolute atomic E-state index is 6.15. The van der Waals surface area contributed by atoms with E-state index in [1.54, 1.807) is 0 Å². The molecule has 3 nitrogen and oxygen atoms in total. The van der Waals surface area contributed by atoms with E-state index in [0.717, 1.165) is 17.9 Å². The lowest BCUT2D eigenvalue weighted by atomic mass is 9.81. The number of halogens is 1. The fourth-order valence-electron chi connectivity index (χ4n) is 1.54. The van der Waals surface area contributed by atoms with Crippen molar-refractivity contribution in [2.75, 3.05) is 11.9 Å². The van der Waals surface area contributed by atoms with Crippen LogP contribution in [0, 0.1) is 11.3 Å². The zero-order valence-corrected chi connectivity index (χ0v) is 13.0. The van der Waals surface area contributed by atoms with E-state index in [1.807, 2.05) is 0 Å². The standard InChI is InChI=1S/C14H24ClN3/c1-9(2)11-12(15)17-8-18-13(11)16-7-14(5,6)10(3)4/h8-10H,7H2,1-6H3,(H,16,17,18). The maximum atomic E-state index is 6.15. The largest absolute Gasteiger partial charge is 0.369 e. The van der Waals surface area contributed by atoms with Gasteiger partial charge in [0.2, 0.25) is 0 Å². The first-order chi connectivity index (χ1) is 8.25. The highest BCUT2D eigenvalue weighted by atomic mass is 35.5. The minimum absolute atomic E-state index is 0.214. The minimum Gasteiger partial charge on any atom is -0.369 e. The fraction of sp³-hybridized carbons (Fsp3) is 0.714. The van der Waals surface area contributed by atoms with E-state index in [1.165, 1.54) is 6.33 Å². The van der Waals surface area contributed by atoms with E-state index in [2.05, 4.69) is 56.8 Å². The Morgan fingerprint density at radius 1 is 1.22 bits per heavy atom. The summed E-state index contributed by atoms with van der Waals surface area (Å²) in [5, 5.41) is 3.97. The van der Waals surface area contributed by atoms with Gasteiger partial charge < -0.3 is 5.32 Å². The van der Waals surface area contributed by atoms with Crippen LogP contribution < -0.4 is 5.32 Å². The number of nitrogens with zero attached hydrogens (tertiary/aromatic N) is 2. The molecule has 18 heavy (non-hydrogen) atoms. The van der Waals surface area contributed by atoms with Gasteiger partial charge in [-0.1, -0.05) is 53.1 Å². The average molecular weight is 270 g/mol. The summed E-state index contributed by atoms with van der Waals surface area (Å²) in [6.45, 7) is 14.0. The van der Waals surface area contributed by atoms with Crippen LogP contribution in [0.5, 0.6) is 0 Å². The Kier molecular flexibility index (Phi) is 4.97. The first kappa shape index (κ1) is 15.2. The molecule has 1 N–H and O–H groups in total. The van der Waals surface area contributed by atoms with Crippen LogP contribution in [0.3, 0.4) is 0 Å². The van der Waals surface area contributed by atoms with Crippen molar-refractivity contribution in [2.24, 2.45) is 11.3 Å². The molecular weight excluding hydrogens is 246 g/mol. The van der Waals surface area contributed by atoms with E-state index in [4.69, 9.17) is 11.6 Å². The lowest BCUT2D eigenvalue weighted by Gasteiger charge is -2.30. The van der Waals surface area contributed by atoms with Crippen molar-refractivity contribution in [2.45, 2.75) is 47.5 Å². The second kappa shape index (κ2) is 5.87. The summed E-state index contributed by atoms with van der Waals surface area (Å²) in [7, 11) is 0. The van der Waals surface area contributed by atoms with Crippen molar-refractivity contribution in [1.29, 1.82) is 0 Å². The van der Waals surface area contributed by atoms with Crippen LogP contribution in [0.25, 0.3) is 0 Å². The van der Waals surface area contributed by atoms with E-state index in [9.17, 15) is 0 Å². The van der Waals surface area contributed by atoms with Crippen LogP contribution >= 0.6 is 11.6 Å². The third-order valence-electron chi connectivity index (χ3n) is 3.69. The van der Waals surface area contributed by atoms with Gasteiger partial charge in [0.25, 0.3) is 0 Å². The molecule has 0 atom stereocenters. The highest BCUT2D eigenvalue weighted by Crippen LogP contribution is 2.30. The van der Waals surface area contributed by atoms with Crippen molar-refractivity contribution in [1.82, 2.24) is 9.97 Å². The second-order valence-electron chi connectivity index (χ2n) is 6.08. The Morgan fingerprint density at radius 3 is 2.33 bits per heavy atom. The van der Waals surface area contributed by atoms with Crippen LogP contribution in [-0.4, -0.2) is 16.5 Å².